The van der Waals surface area contributed by atoms with E-state index >= 15 is 0 Å². The highest BCUT2D eigenvalue weighted by Crippen LogP contribution is 2.48. The van der Waals surface area contributed by atoms with Crippen LogP contribution < -0.4 is 19.1 Å². The standard InChI is InChI=1S/C31H28N4O6S/c1-15-11-16(2)24-21(12-15)42-31(33-24)35-26(18-13-19(39-4)29(41-6)20(14-18)40-5)23(28(37)30(35)38)27(36)25-17(3)32-22-9-7-8-10-34(22)25/h7-14,26,36H,1-6H3/b27-23+. The quantitative estimate of drug-likeness (QED) is 0.158. The van der Waals surface area contributed by atoms with Gasteiger partial charge in [-0.25, -0.2) is 9.97 Å². The maximum absolute atomic E-state index is 13.9. The Morgan fingerprint density at radius 3 is 2.33 bits per heavy atom. The molecule has 11 heteroatoms. The van der Waals surface area contributed by atoms with Gasteiger partial charge in [-0.1, -0.05) is 23.5 Å². The molecule has 0 radical (unpaired) electrons. The number of aliphatic hydroxyl groups is 1. The van der Waals surface area contributed by atoms with E-state index in [0.717, 1.165) is 21.3 Å². The molecule has 1 aliphatic rings. The van der Waals surface area contributed by atoms with Crippen LogP contribution in [0.5, 0.6) is 17.2 Å². The summed E-state index contributed by atoms with van der Waals surface area (Å²) >= 11 is 1.30. The molecule has 42 heavy (non-hydrogen) atoms. The fourth-order valence-corrected chi connectivity index (χ4v) is 6.76. The third kappa shape index (κ3) is 4.07. The summed E-state index contributed by atoms with van der Waals surface area (Å²) in [4.78, 5) is 38.4. The third-order valence-electron chi connectivity index (χ3n) is 7.40. The van der Waals surface area contributed by atoms with Crippen molar-refractivity contribution in [2.75, 3.05) is 26.2 Å². The molecule has 1 aliphatic heterocycles. The lowest BCUT2D eigenvalue weighted by molar-refractivity contribution is -0.132. The second-order valence-electron chi connectivity index (χ2n) is 10.0. The van der Waals surface area contributed by atoms with Gasteiger partial charge in [-0.3, -0.25) is 18.9 Å². The van der Waals surface area contributed by atoms with Gasteiger partial charge in [0.1, 0.15) is 11.3 Å². The molecule has 5 aromatic rings. The number of thiazole rings is 1. The van der Waals surface area contributed by atoms with E-state index in [2.05, 4.69) is 4.98 Å². The van der Waals surface area contributed by atoms with E-state index in [1.165, 1.54) is 37.6 Å². The first-order valence-corrected chi connectivity index (χ1v) is 13.9. The Bertz CT molecular complexity index is 1930. The van der Waals surface area contributed by atoms with Crippen molar-refractivity contribution in [1.82, 2.24) is 14.4 Å². The van der Waals surface area contributed by atoms with Gasteiger partial charge in [0.15, 0.2) is 22.4 Å². The van der Waals surface area contributed by atoms with Gasteiger partial charge in [0, 0.05) is 6.20 Å². The number of ether oxygens (including phenoxy) is 3. The molecule has 6 rings (SSSR count). The smallest absolute Gasteiger partial charge is 0.301 e. The molecular weight excluding hydrogens is 556 g/mol. The second-order valence-corrected chi connectivity index (χ2v) is 11.0. The zero-order valence-corrected chi connectivity index (χ0v) is 24.7. The molecule has 2 aromatic carbocycles. The zero-order valence-electron chi connectivity index (χ0n) is 23.9. The Morgan fingerprint density at radius 1 is 0.952 bits per heavy atom. The predicted molar refractivity (Wildman–Crippen MR) is 160 cm³/mol. The number of methoxy groups -OCH3 is 3. The number of aromatic nitrogens is 3. The van der Waals surface area contributed by atoms with Crippen molar-refractivity contribution in [2.24, 2.45) is 0 Å². The maximum atomic E-state index is 13.9. The van der Waals surface area contributed by atoms with Gasteiger partial charge in [0.05, 0.1) is 48.9 Å². The highest BCUT2D eigenvalue weighted by Gasteiger charge is 2.49. The molecule has 1 amide bonds. The Labute approximate surface area is 245 Å². The highest BCUT2D eigenvalue weighted by molar-refractivity contribution is 7.22. The van der Waals surface area contributed by atoms with Crippen LogP contribution in [0.4, 0.5) is 5.13 Å². The van der Waals surface area contributed by atoms with Crippen molar-refractivity contribution in [3.05, 3.63) is 82.3 Å². The fraction of sp³-hybridized carbons (Fsp3) is 0.226. The van der Waals surface area contributed by atoms with Crippen molar-refractivity contribution < 1.29 is 28.9 Å². The zero-order chi connectivity index (χ0) is 29.9. The number of benzene rings is 2. The Kier molecular flexibility index (Phi) is 6.61. The van der Waals surface area contributed by atoms with Crippen LogP contribution in [0.1, 0.15) is 34.1 Å². The summed E-state index contributed by atoms with van der Waals surface area (Å²) in [5.41, 5.74) is 4.52. The summed E-state index contributed by atoms with van der Waals surface area (Å²) in [6.45, 7) is 5.69. The van der Waals surface area contributed by atoms with Crippen molar-refractivity contribution in [3.8, 4) is 17.2 Å². The maximum Gasteiger partial charge on any atom is 0.301 e. The van der Waals surface area contributed by atoms with Gasteiger partial charge in [-0.2, -0.15) is 0 Å². The van der Waals surface area contributed by atoms with E-state index in [0.29, 0.717) is 45.0 Å². The predicted octanol–water partition coefficient (Wildman–Crippen LogP) is 5.52. The summed E-state index contributed by atoms with van der Waals surface area (Å²) in [6.07, 6.45) is 1.74. The second kappa shape index (κ2) is 10.2. The number of ketones is 1. The van der Waals surface area contributed by atoms with Crippen molar-refractivity contribution in [3.63, 3.8) is 0 Å². The molecule has 1 unspecified atom stereocenters. The van der Waals surface area contributed by atoms with E-state index in [4.69, 9.17) is 19.2 Å². The Morgan fingerprint density at radius 2 is 1.67 bits per heavy atom. The average molecular weight is 585 g/mol. The number of carbonyl (C=O) groups excluding carboxylic acids is 2. The number of anilines is 1. The van der Waals surface area contributed by atoms with Crippen LogP contribution in [0, 0.1) is 20.8 Å². The number of fused-ring (bicyclic) bond motifs is 2. The minimum atomic E-state index is -1.06. The molecule has 3 aromatic heterocycles. The minimum absolute atomic E-state index is 0.102. The minimum Gasteiger partial charge on any atom is -0.505 e. The number of aryl methyl sites for hydroxylation is 3. The number of amides is 1. The first-order chi connectivity index (χ1) is 20.2. The Hall–Kier alpha value is -4.90. The van der Waals surface area contributed by atoms with E-state index in [1.54, 1.807) is 41.8 Å². The van der Waals surface area contributed by atoms with Crippen LogP contribution in [0.25, 0.3) is 21.6 Å². The number of rotatable bonds is 6. The lowest BCUT2D eigenvalue weighted by Crippen LogP contribution is -2.29. The van der Waals surface area contributed by atoms with E-state index in [9.17, 15) is 14.7 Å². The summed E-state index contributed by atoms with van der Waals surface area (Å²) in [5.74, 6) is -0.986. The summed E-state index contributed by atoms with van der Waals surface area (Å²) in [7, 11) is 4.46. The number of pyridine rings is 1. The van der Waals surface area contributed by atoms with Crippen LogP contribution in [-0.2, 0) is 9.59 Å². The molecule has 1 fully saturated rings. The summed E-state index contributed by atoms with van der Waals surface area (Å²) < 4.78 is 19.3. The number of hydrogen-bond acceptors (Lipinski definition) is 9. The third-order valence-corrected chi connectivity index (χ3v) is 8.40. The van der Waals surface area contributed by atoms with Crippen molar-refractivity contribution in [1.29, 1.82) is 0 Å². The van der Waals surface area contributed by atoms with E-state index < -0.39 is 17.7 Å². The first-order valence-electron chi connectivity index (χ1n) is 13.1. The molecule has 4 heterocycles. The van der Waals surface area contributed by atoms with Crippen LogP contribution in [0.15, 0.2) is 54.2 Å². The molecule has 1 saturated heterocycles. The fourth-order valence-electron chi connectivity index (χ4n) is 5.59. The molecular formula is C31H28N4O6S. The average Bonchev–Trinajstić information content (AvgIpc) is 3.62. The SMILES string of the molecule is COc1cc(C2/C(=C(\O)c3c(C)nc4ccccn34)C(=O)C(=O)N2c2nc3c(C)cc(C)cc3s2)cc(OC)c1OC. The van der Waals surface area contributed by atoms with Crippen molar-refractivity contribution in [2.45, 2.75) is 26.8 Å². The molecule has 10 nitrogen and oxygen atoms in total. The van der Waals surface area contributed by atoms with Crippen LogP contribution in [-0.4, -0.2) is 52.5 Å². The molecule has 214 valence electrons. The number of nitrogens with zero attached hydrogens (tertiary/aromatic N) is 4. The number of hydrogen-bond donors (Lipinski definition) is 1. The molecule has 0 aliphatic carbocycles. The normalized spacial score (nSPS) is 16.5. The summed E-state index contributed by atoms with van der Waals surface area (Å²) in [6, 6.07) is 11.7. The number of Topliss-reactive ketones (excluding diaryl/α,β-unsaturated/α-hetero) is 1. The van der Waals surface area contributed by atoms with Gasteiger partial charge < -0.3 is 19.3 Å². The lowest BCUT2D eigenvalue weighted by Gasteiger charge is -2.24. The van der Waals surface area contributed by atoms with Gasteiger partial charge >= 0.3 is 5.91 Å². The molecule has 0 bridgehead atoms. The largest absolute Gasteiger partial charge is 0.505 e. The molecule has 1 N–H and O–H groups in total. The molecule has 1 atom stereocenters. The van der Waals surface area contributed by atoms with Gasteiger partial charge in [0.2, 0.25) is 5.75 Å². The van der Waals surface area contributed by atoms with Crippen LogP contribution in [0.3, 0.4) is 0 Å². The highest BCUT2D eigenvalue weighted by atomic mass is 32.1. The number of carbonyl (C=O) groups is 2. The van der Waals surface area contributed by atoms with E-state index in [1.807, 2.05) is 32.0 Å². The lowest BCUT2D eigenvalue weighted by atomic mass is 9.95. The monoisotopic (exact) mass is 584 g/mol. The molecule has 0 spiro atoms. The Balaban J connectivity index is 1.66. The number of imidazole rings is 1. The van der Waals surface area contributed by atoms with Gasteiger partial charge in [-0.05, 0) is 67.8 Å². The first kappa shape index (κ1) is 27.3. The molecule has 0 saturated carbocycles. The van der Waals surface area contributed by atoms with E-state index in [-0.39, 0.29) is 11.3 Å². The summed E-state index contributed by atoms with van der Waals surface area (Å²) in [5, 5.41) is 12.2. The van der Waals surface area contributed by atoms with Gasteiger partial charge in [-0.15, -0.1) is 0 Å². The van der Waals surface area contributed by atoms with Crippen LogP contribution in [0.2, 0.25) is 0 Å². The van der Waals surface area contributed by atoms with Crippen molar-refractivity contribution >= 4 is 49.8 Å². The van der Waals surface area contributed by atoms with Crippen LogP contribution >= 0.6 is 11.3 Å². The number of aliphatic hydroxyl groups excluding tert-OH is 1. The van der Waals surface area contributed by atoms with Gasteiger partial charge in [0.25, 0.3) is 5.78 Å². The topological polar surface area (TPSA) is 115 Å².